The number of nitrogens with one attached hydrogen (secondary N) is 2. The highest BCUT2D eigenvalue weighted by molar-refractivity contribution is 7.89. The van der Waals surface area contributed by atoms with Gasteiger partial charge in [0.15, 0.2) is 0 Å². The van der Waals surface area contributed by atoms with Crippen LogP contribution in [0.1, 0.15) is 41.5 Å². The predicted octanol–water partition coefficient (Wildman–Crippen LogP) is 2.27. The van der Waals surface area contributed by atoms with E-state index in [2.05, 4.69) is 5.43 Å². The Morgan fingerprint density at radius 2 is 1.54 bits per heavy atom. The summed E-state index contributed by atoms with van der Waals surface area (Å²) >= 11 is 0. The largest absolute Gasteiger partial charge is 0.491 e. The van der Waals surface area contributed by atoms with E-state index in [1.165, 1.54) is 36.4 Å². The average Bonchev–Trinajstić information content (AvgIpc) is 2.66. The lowest BCUT2D eigenvalue weighted by Crippen LogP contribution is -2.41. The zero-order chi connectivity index (χ0) is 20.7. The van der Waals surface area contributed by atoms with Gasteiger partial charge in [-0.25, -0.2) is 13.2 Å². The summed E-state index contributed by atoms with van der Waals surface area (Å²) in [5, 5.41) is 0. The molecule has 0 saturated heterocycles. The molecule has 8 nitrogen and oxygen atoms in total. The summed E-state index contributed by atoms with van der Waals surface area (Å²) in [6.45, 7) is 5.66. The summed E-state index contributed by atoms with van der Waals surface area (Å²) in [5.41, 5.74) is 2.64. The van der Waals surface area contributed by atoms with Gasteiger partial charge in [-0.2, -0.15) is 0 Å². The Kier molecular flexibility index (Phi) is 7.13. The fourth-order valence-corrected chi connectivity index (χ4v) is 3.03. The third-order valence-corrected chi connectivity index (χ3v) is 4.73. The molecule has 2 N–H and O–H groups in total. The molecule has 28 heavy (non-hydrogen) atoms. The van der Waals surface area contributed by atoms with E-state index in [-0.39, 0.29) is 28.7 Å². The number of carbonyl (C=O) groups is 2. The molecule has 0 aliphatic rings. The Labute approximate surface area is 163 Å². The second-order valence-corrected chi connectivity index (χ2v) is 7.68. The van der Waals surface area contributed by atoms with Crippen LogP contribution in [0.3, 0.4) is 0 Å². The number of hydrogen-bond donors (Lipinski definition) is 2. The monoisotopic (exact) mass is 406 g/mol. The maximum absolute atomic E-state index is 12.3. The number of rotatable bonds is 8. The van der Waals surface area contributed by atoms with E-state index < -0.39 is 21.9 Å². The molecule has 0 aliphatic carbocycles. The zero-order valence-corrected chi connectivity index (χ0v) is 16.6. The summed E-state index contributed by atoms with van der Waals surface area (Å²) in [6, 6.07) is 11.5. The maximum Gasteiger partial charge on any atom is 0.338 e. The molecule has 0 bridgehead atoms. The molecule has 150 valence electrons. The quantitative estimate of drug-likeness (QED) is 0.514. The summed E-state index contributed by atoms with van der Waals surface area (Å²) in [5.74, 6) is -0.561. The van der Waals surface area contributed by atoms with Crippen molar-refractivity contribution in [3.05, 3.63) is 59.7 Å². The molecule has 0 aliphatic heterocycles. The van der Waals surface area contributed by atoms with E-state index in [4.69, 9.17) is 9.47 Å². The number of hydrogen-bond acceptors (Lipinski definition) is 6. The third-order valence-electron chi connectivity index (χ3n) is 3.46. The van der Waals surface area contributed by atoms with Gasteiger partial charge < -0.3 is 9.47 Å². The standard InChI is InChI=1S/C19H22N2O6S/c1-4-26-19(23)15-7-11-17(12-8-15)28(24,25)21-20-18(22)14-5-9-16(10-6-14)27-13(2)3/h5-13,21H,4H2,1-3H3,(H,20,22). The Morgan fingerprint density at radius 1 is 0.964 bits per heavy atom. The molecule has 9 heteroatoms. The molecular weight excluding hydrogens is 384 g/mol. The lowest BCUT2D eigenvalue weighted by atomic mass is 10.2. The van der Waals surface area contributed by atoms with Crippen LogP contribution in [-0.2, 0) is 14.8 Å². The van der Waals surface area contributed by atoms with Gasteiger partial charge in [0.1, 0.15) is 5.75 Å². The molecule has 2 rings (SSSR count). The van der Waals surface area contributed by atoms with Crippen LogP contribution in [0, 0.1) is 0 Å². The van der Waals surface area contributed by atoms with Crippen molar-refractivity contribution in [3.8, 4) is 5.75 Å². The van der Waals surface area contributed by atoms with Gasteiger partial charge in [0, 0.05) is 5.56 Å². The first-order valence-electron chi connectivity index (χ1n) is 8.59. The van der Waals surface area contributed by atoms with Crippen LogP contribution >= 0.6 is 0 Å². The Morgan fingerprint density at radius 3 is 2.07 bits per heavy atom. The van der Waals surface area contributed by atoms with Crippen LogP contribution in [0.2, 0.25) is 0 Å². The minimum atomic E-state index is -4.00. The van der Waals surface area contributed by atoms with Gasteiger partial charge in [0.25, 0.3) is 15.9 Å². The molecule has 0 spiro atoms. The van der Waals surface area contributed by atoms with Crippen molar-refractivity contribution in [3.63, 3.8) is 0 Å². The number of benzene rings is 2. The van der Waals surface area contributed by atoms with Gasteiger partial charge in [-0.05, 0) is 69.3 Å². The van der Waals surface area contributed by atoms with Crippen molar-refractivity contribution >= 4 is 21.9 Å². The fourth-order valence-electron chi connectivity index (χ4n) is 2.19. The van der Waals surface area contributed by atoms with Gasteiger partial charge in [-0.1, -0.05) is 0 Å². The van der Waals surface area contributed by atoms with E-state index in [1.54, 1.807) is 19.1 Å². The van der Waals surface area contributed by atoms with Crippen LogP contribution in [0.15, 0.2) is 53.4 Å². The Bertz CT molecular complexity index is 922. The van der Waals surface area contributed by atoms with Gasteiger partial charge in [-0.15, -0.1) is 4.83 Å². The molecule has 2 aromatic rings. The van der Waals surface area contributed by atoms with Gasteiger partial charge >= 0.3 is 5.97 Å². The van der Waals surface area contributed by atoms with Crippen molar-refractivity contribution in [2.24, 2.45) is 0 Å². The Balaban J connectivity index is 2.00. The molecule has 0 radical (unpaired) electrons. The maximum atomic E-state index is 12.3. The van der Waals surface area contributed by atoms with Crippen LogP contribution in [-0.4, -0.2) is 33.0 Å². The van der Waals surface area contributed by atoms with Crippen molar-refractivity contribution in [1.82, 2.24) is 10.3 Å². The molecule has 1 amide bonds. The SMILES string of the molecule is CCOC(=O)c1ccc(S(=O)(=O)NNC(=O)c2ccc(OC(C)C)cc2)cc1. The molecule has 2 aromatic carbocycles. The first kappa shape index (κ1) is 21.4. The van der Waals surface area contributed by atoms with E-state index >= 15 is 0 Å². The van der Waals surface area contributed by atoms with Crippen LogP contribution in [0.25, 0.3) is 0 Å². The van der Waals surface area contributed by atoms with Crippen LogP contribution < -0.4 is 15.0 Å². The number of ether oxygens (including phenoxy) is 2. The van der Waals surface area contributed by atoms with E-state index in [0.29, 0.717) is 5.75 Å². The predicted molar refractivity (Wildman–Crippen MR) is 102 cm³/mol. The van der Waals surface area contributed by atoms with E-state index in [0.717, 1.165) is 0 Å². The van der Waals surface area contributed by atoms with Crippen molar-refractivity contribution in [2.45, 2.75) is 31.8 Å². The Hall–Kier alpha value is -2.91. The molecule has 0 saturated carbocycles. The second-order valence-electron chi connectivity index (χ2n) is 6.00. The molecule has 0 heterocycles. The molecular formula is C19H22N2O6S. The fraction of sp³-hybridized carbons (Fsp3) is 0.263. The summed E-state index contributed by atoms with van der Waals surface area (Å²) in [7, 11) is -4.00. The van der Waals surface area contributed by atoms with Crippen molar-refractivity contribution < 1.29 is 27.5 Å². The normalized spacial score (nSPS) is 11.1. The third kappa shape index (κ3) is 5.80. The number of esters is 1. The smallest absolute Gasteiger partial charge is 0.338 e. The van der Waals surface area contributed by atoms with Crippen molar-refractivity contribution in [1.29, 1.82) is 0 Å². The van der Waals surface area contributed by atoms with Gasteiger partial charge in [0.2, 0.25) is 0 Å². The van der Waals surface area contributed by atoms with E-state index in [1.807, 2.05) is 18.7 Å². The summed E-state index contributed by atoms with van der Waals surface area (Å²) < 4.78 is 34.9. The van der Waals surface area contributed by atoms with Gasteiger partial charge in [-0.3, -0.25) is 10.2 Å². The second kappa shape index (κ2) is 9.34. The number of amides is 1. The highest BCUT2D eigenvalue weighted by Gasteiger charge is 2.17. The number of sulfonamides is 1. The summed E-state index contributed by atoms with van der Waals surface area (Å²) in [4.78, 5) is 25.6. The van der Waals surface area contributed by atoms with Crippen LogP contribution in [0.5, 0.6) is 5.75 Å². The number of hydrazine groups is 1. The van der Waals surface area contributed by atoms with Gasteiger partial charge in [0.05, 0.1) is 23.2 Å². The molecule has 0 fully saturated rings. The first-order chi connectivity index (χ1) is 13.2. The molecule has 0 unspecified atom stereocenters. The minimum absolute atomic E-state index is 0.00158. The minimum Gasteiger partial charge on any atom is -0.491 e. The highest BCUT2D eigenvalue weighted by Crippen LogP contribution is 2.14. The van der Waals surface area contributed by atoms with E-state index in [9.17, 15) is 18.0 Å². The molecule has 0 atom stereocenters. The highest BCUT2D eigenvalue weighted by atomic mass is 32.2. The average molecular weight is 406 g/mol. The summed E-state index contributed by atoms with van der Waals surface area (Å²) in [6.07, 6.45) is 0.00158. The lowest BCUT2D eigenvalue weighted by molar-refractivity contribution is 0.0526. The van der Waals surface area contributed by atoms with Crippen molar-refractivity contribution in [2.75, 3.05) is 6.61 Å². The first-order valence-corrected chi connectivity index (χ1v) is 10.1. The topological polar surface area (TPSA) is 111 Å². The lowest BCUT2D eigenvalue weighted by Gasteiger charge is -2.11. The zero-order valence-electron chi connectivity index (χ0n) is 15.8. The van der Waals surface area contributed by atoms with Crippen LogP contribution in [0.4, 0.5) is 0 Å². The molecule has 0 aromatic heterocycles. The number of carbonyl (C=O) groups excluding carboxylic acids is 2.